The number of hydrogen-bond acceptors (Lipinski definition) is 5. The van der Waals surface area contributed by atoms with E-state index in [-0.39, 0.29) is 12.0 Å². The van der Waals surface area contributed by atoms with E-state index in [9.17, 15) is 4.79 Å². The maximum absolute atomic E-state index is 12.0. The van der Waals surface area contributed by atoms with E-state index in [1.54, 1.807) is 0 Å². The second kappa shape index (κ2) is 8.52. The van der Waals surface area contributed by atoms with Crippen molar-refractivity contribution in [2.45, 2.75) is 37.8 Å². The van der Waals surface area contributed by atoms with Crippen molar-refractivity contribution in [2.75, 3.05) is 57.4 Å². The molecule has 0 aliphatic carbocycles. The first-order valence-corrected chi connectivity index (χ1v) is 9.89. The highest BCUT2D eigenvalue weighted by atomic mass is 32.2. The number of piperidine rings is 1. The number of nitrogens with zero attached hydrogens (tertiary/aromatic N) is 2. The minimum absolute atomic E-state index is 0.156. The molecule has 6 heteroatoms. The van der Waals surface area contributed by atoms with Crippen LogP contribution in [0.4, 0.5) is 0 Å². The number of carbonyl (C=O) groups is 1. The van der Waals surface area contributed by atoms with Gasteiger partial charge in [0.05, 0.1) is 12.6 Å². The van der Waals surface area contributed by atoms with Crippen molar-refractivity contribution >= 4 is 17.7 Å². The average molecular weight is 327 g/mol. The van der Waals surface area contributed by atoms with Gasteiger partial charge in [-0.15, -0.1) is 0 Å². The van der Waals surface area contributed by atoms with Crippen LogP contribution in [0.1, 0.15) is 25.7 Å². The van der Waals surface area contributed by atoms with Crippen LogP contribution in [0.2, 0.25) is 0 Å². The van der Waals surface area contributed by atoms with Gasteiger partial charge in [-0.1, -0.05) is 0 Å². The SMILES string of the molecule is O=C(CN1CCC(N2CCSCC2)CC1)NCC1CCCO1. The molecule has 0 aromatic heterocycles. The van der Waals surface area contributed by atoms with Crippen molar-refractivity contribution in [2.24, 2.45) is 0 Å². The molecule has 1 N–H and O–H groups in total. The summed E-state index contributed by atoms with van der Waals surface area (Å²) in [4.78, 5) is 17.0. The first kappa shape index (κ1) is 16.6. The number of amides is 1. The highest BCUT2D eigenvalue weighted by Gasteiger charge is 2.26. The van der Waals surface area contributed by atoms with Crippen LogP contribution in [-0.2, 0) is 9.53 Å². The van der Waals surface area contributed by atoms with Gasteiger partial charge in [0.15, 0.2) is 0 Å². The maximum atomic E-state index is 12.0. The number of thioether (sulfide) groups is 1. The summed E-state index contributed by atoms with van der Waals surface area (Å²) >= 11 is 2.07. The van der Waals surface area contributed by atoms with E-state index in [4.69, 9.17) is 4.74 Å². The average Bonchev–Trinajstić information content (AvgIpc) is 3.08. The molecule has 1 amide bonds. The molecule has 3 heterocycles. The van der Waals surface area contributed by atoms with Gasteiger partial charge in [-0.25, -0.2) is 0 Å². The molecular formula is C16H29N3O2S. The number of hydrogen-bond donors (Lipinski definition) is 1. The van der Waals surface area contributed by atoms with Crippen molar-refractivity contribution in [1.82, 2.24) is 15.1 Å². The molecule has 126 valence electrons. The zero-order valence-corrected chi connectivity index (χ0v) is 14.3. The molecule has 0 spiro atoms. The molecule has 0 radical (unpaired) electrons. The van der Waals surface area contributed by atoms with Crippen molar-refractivity contribution < 1.29 is 9.53 Å². The molecule has 1 unspecified atom stereocenters. The second-order valence-electron chi connectivity index (χ2n) is 6.59. The fourth-order valence-corrected chi connectivity index (χ4v) is 4.61. The van der Waals surface area contributed by atoms with E-state index in [1.165, 1.54) is 37.4 Å². The van der Waals surface area contributed by atoms with E-state index in [2.05, 4.69) is 26.9 Å². The Hall–Kier alpha value is -0.300. The second-order valence-corrected chi connectivity index (χ2v) is 7.82. The van der Waals surface area contributed by atoms with Crippen LogP contribution in [0.3, 0.4) is 0 Å². The summed E-state index contributed by atoms with van der Waals surface area (Å²) in [6, 6.07) is 0.743. The van der Waals surface area contributed by atoms with Crippen molar-refractivity contribution in [3.63, 3.8) is 0 Å². The Morgan fingerprint density at radius 1 is 1.14 bits per heavy atom. The van der Waals surface area contributed by atoms with Crippen LogP contribution in [0.25, 0.3) is 0 Å². The number of rotatable bonds is 5. The maximum Gasteiger partial charge on any atom is 0.234 e. The van der Waals surface area contributed by atoms with Crippen LogP contribution in [-0.4, -0.2) is 85.2 Å². The molecule has 3 saturated heterocycles. The van der Waals surface area contributed by atoms with E-state index < -0.39 is 0 Å². The highest BCUT2D eigenvalue weighted by Crippen LogP contribution is 2.20. The molecule has 3 aliphatic rings. The van der Waals surface area contributed by atoms with Crippen molar-refractivity contribution in [1.29, 1.82) is 0 Å². The molecule has 3 aliphatic heterocycles. The number of likely N-dealkylation sites (tertiary alicyclic amines) is 1. The molecule has 3 fully saturated rings. The Kier molecular flexibility index (Phi) is 6.41. The Bertz CT molecular complexity index is 349. The van der Waals surface area contributed by atoms with Gasteiger partial charge < -0.3 is 10.1 Å². The lowest BCUT2D eigenvalue weighted by atomic mass is 10.0. The lowest BCUT2D eigenvalue weighted by Crippen LogP contribution is -2.49. The standard InChI is InChI=1S/C16H29N3O2S/c20-16(17-12-15-2-1-9-21-15)13-18-5-3-14(4-6-18)19-7-10-22-11-8-19/h14-15H,1-13H2,(H,17,20). The third-order valence-electron chi connectivity index (χ3n) is 5.04. The number of ether oxygens (including phenoxy) is 1. The largest absolute Gasteiger partial charge is 0.376 e. The van der Waals surface area contributed by atoms with Gasteiger partial charge in [0.25, 0.3) is 0 Å². The van der Waals surface area contributed by atoms with Crippen molar-refractivity contribution in [3.05, 3.63) is 0 Å². The summed E-state index contributed by atoms with van der Waals surface area (Å²) in [5.74, 6) is 2.72. The lowest BCUT2D eigenvalue weighted by molar-refractivity contribution is -0.123. The highest BCUT2D eigenvalue weighted by molar-refractivity contribution is 7.99. The predicted molar refractivity (Wildman–Crippen MR) is 90.3 cm³/mol. The summed E-state index contributed by atoms with van der Waals surface area (Å²) in [5, 5.41) is 3.03. The molecular weight excluding hydrogens is 298 g/mol. The Morgan fingerprint density at radius 3 is 2.59 bits per heavy atom. The summed E-state index contributed by atoms with van der Waals surface area (Å²) < 4.78 is 5.54. The van der Waals surface area contributed by atoms with Crippen molar-refractivity contribution in [3.8, 4) is 0 Å². The molecule has 22 heavy (non-hydrogen) atoms. The minimum atomic E-state index is 0.156. The first-order valence-electron chi connectivity index (χ1n) is 8.74. The number of nitrogens with one attached hydrogen (secondary N) is 1. The summed E-state index contributed by atoms with van der Waals surface area (Å²) in [7, 11) is 0. The summed E-state index contributed by atoms with van der Waals surface area (Å²) in [5.41, 5.74) is 0. The lowest BCUT2D eigenvalue weighted by Gasteiger charge is -2.39. The molecule has 3 rings (SSSR count). The molecule has 0 saturated carbocycles. The summed E-state index contributed by atoms with van der Waals surface area (Å²) in [6.45, 7) is 6.69. The van der Waals surface area contributed by atoms with Gasteiger partial charge >= 0.3 is 0 Å². The van der Waals surface area contributed by atoms with Crippen LogP contribution in [0.15, 0.2) is 0 Å². The Balaban J connectivity index is 1.31. The van der Waals surface area contributed by atoms with Gasteiger partial charge in [-0.3, -0.25) is 14.6 Å². The van der Waals surface area contributed by atoms with E-state index in [0.29, 0.717) is 13.1 Å². The van der Waals surface area contributed by atoms with Crippen LogP contribution >= 0.6 is 11.8 Å². The normalized spacial score (nSPS) is 28.8. The van der Waals surface area contributed by atoms with E-state index in [0.717, 1.165) is 38.6 Å². The van der Waals surface area contributed by atoms with Gasteiger partial charge in [0.2, 0.25) is 5.91 Å². The van der Waals surface area contributed by atoms with E-state index in [1.807, 2.05) is 0 Å². The molecule has 1 atom stereocenters. The monoisotopic (exact) mass is 327 g/mol. The quantitative estimate of drug-likeness (QED) is 0.809. The smallest absolute Gasteiger partial charge is 0.234 e. The van der Waals surface area contributed by atoms with Crippen LogP contribution in [0, 0.1) is 0 Å². The fraction of sp³-hybridized carbons (Fsp3) is 0.938. The Labute approximate surface area is 138 Å². The zero-order chi connectivity index (χ0) is 15.2. The molecule has 5 nitrogen and oxygen atoms in total. The molecule has 0 aromatic carbocycles. The molecule has 0 aromatic rings. The Morgan fingerprint density at radius 2 is 1.91 bits per heavy atom. The molecule has 0 bridgehead atoms. The topological polar surface area (TPSA) is 44.8 Å². The third kappa shape index (κ3) is 4.85. The van der Waals surface area contributed by atoms with Gasteiger partial charge in [-0.2, -0.15) is 11.8 Å². The fourth-order valence-electron chi connectivity index (χ4n) is 3.68. The van der Waals surface area contributed by atoms with Gasteiger partial charge in [0, 0.05) is 56.9 Å². The predicted octanol–water partition coefficient (Wildman–Crippen LogP) is 0.795. The number of carbonyl (C=O) groups excluding carboxylic acids is 1. The van der Waals surface area contributed by atoms with Crippen LogP contribution < -0.4 is 5.32 Å². The zero-order valence-electron chi connectivity index (χ0n) is 13.5. The van der Waals surface area contributed by atoms with Gasteiger partial charge in [0.1, 0.15) is 0 Å². The van der Waals surface area contributed by atoms with E-state index >= 15 is 0 Å². The summed E-state index contributed by atoms with van der Waals surface area (Å²) in [6.07, 6.45) is 4.88. The minimum Gasteiger partial charge on any atom is -0.376 e. The first-order chi connectivity index (χ1) is 10.8. The third-order valence-corrected chi connectivity index (χ3v) is 5.98. The van der Waals surface area contributed by atoms with Gasteiger partial charge in [-0.05, 0) is 25.7 Å². The van der Waals surface area contributed by atoms with Crippen LogP contribution in [0.5, 0.6) is 0 Å².